The summed E-state index contributed by atoms with van der Waals surface area (Å²) in [5.74, 6) is 0.270. The van der Waals surface area contributed by atoms with E-state index in [9.17, 15) is 9.90 Å². The van der Waals surface area contributed by atoms with E-state index in [1.54, 1.807) is 23.1 Å². The molecule has 0 aliphatic carbocycles. The molecular formula is C12H13Cl2NO3. The van der Waals surface area contributed by atoms with Crippen molar-refractivity contribution in [1.82, 2.24) is 4.90 Å². The van der Waals surface area contributed by atoms with Crippen LogP contribution >= 0.6 is 23.2 Å². The Kier molecular flexibility index (Phi) is 4.32. The second kappa shape index (κ2) is 5.78. The lowest BCUT2D eigenvalue weighted by Crippen LogP contribution is -2.33. The van der Waals surface area contributed by atoms with Crippen molar-refractivity contribution in [3.63, 3.8) is 0 Å². The van der Waals surface area contributed by atoms with E-state index in [1.807, 2.05) is 0 Å². The fourth-order valence-electron chi connectivity index (χ4n) is 1.79. The molecule has 0 spiro atoms. The summed E-state index contributed by atoms with van der Waals surface area (Å²) >= 11 is 11.7. The molecule has 0 unspecified atom stereocenters. The van der Waals surface area contributed by atoms with Gasteiger partial charge in [0.25, 0.3) is 5.91 Å². The number of likely N-dealkylation sites (tertiary alicyclic amines) is 1. The lowest BCUT2D eigenvalue weighted by Gasteiger charge is -2.16. The minimum Gasteiger partial charge on any atom is -0.482 e. The molecule has 1 aromatic rings. The maximum absolute atomic E-state index is 11.8. The molecule has 1 amide bonds. The quantitative estimate of drug-likeness (QED) is 0.926. The summed E-state index contributed by atoms with van der Waals surface area (Å²) in [5, 5.41) is 10.2. The number of halogens is 2. The molecule has 1 aromatic carbocycles. The normalized spacial score (nSPS) is 19.1. The largest absolute Gasteiger partial charge is 0.482 e. The van der Waals surface area contributed by atoms with Crippen molar-refractivity contribution in [3.8, 4) is 5.75 Å². The van der Waals surface area contributed by atoms with Crippen molar-refractivity contribution in [1.29, 1.82) is 0 Å². The van der Waals surface area contributed by atoms with E-state index in [0.717, 1.165) is 0 Å². The van der Waals surface area contributed by atoms with Gasteiger partial charge in [-0.25, -0.2) is 0 Å². The van der Waals surface area contributed by atoms with E-state index in [1.165, 1.54) is 0 Å². The molecule has 0 bridgehead atoms. The molecule has 1 fully saturated rings. The Labute approximate surface area is 115 Å². The van der Waals surface area contributed by atoms with Gasteiger partial charge in [-0.1, -0.05) is 23.2 Å². The summed E-state index contributed by atoms with van der Waals surface area (Å²) in [6.45, 7) is 0.850. The highest BCUT2D eigenvalue weighted by atomic mass is 35.5. The topological polar surface area (TPSA) is 49.8 Å². The predicted molar refractivity (Wildman–Crippen MR) is 69.2 cm³/mol. The van der Waals surface area contributed by atoms with E-state index < -0.39 is 6.10 Å². The van der Waals surface area contributed by atoms with Gasteiger partial charge in [0.2, 0.25) is 0 Å². The third kappa shape index (κ3) is 3.28. The van der Waals surface area contributed by atoms with Crippen LogP contribution in [0.4, 0.5) is 0 Å². The number of carbonyl (C=O) groups is 1. The molecule has 18 heavy (non-hydrogen) atoms. The first-order valence-electron chi connectivity index (χ1n) is 5.60. The molecule has 98 valence electrons. The number of benzene rings is 1. The molecule has 6 heteroatoms. The van der Waals surface area contributed by atoms with Gasteiger partial charge in [-0.15, -0.1) is 0 Å². The Balaban J connectivity index is 1.89. The van der Waals surface area contributed by atoms with Crippen molar-refractivity contribution in [2.24, 2.45) is 0 Å². The SMILES string of the molecule is O=C(COc1ccc(Cl)cc1Cl)N1CC[C@H](O)C1. The van der Waals surface area contributed by atoms with E-state index in [0.29, 0.717) is 35.3 Å². The lowest BCUT2D eigenvalue weighted by atomic mass is 10.3. The number of nitrogens with zero attached hydrogens (tertiary/aromatic N) is 1. The molecule has 4 nitrogen and oxygen atoms in total. The summed E-state index contributed by atoms with van der Waals surface area (Å²) in [6.07, 6.45) is 0.195. The number of hydrogen-bond acceptors (Lipinski definition) is 3. The predicted octanol–water partition coefficient (Wildman–Crippen LogP) is 1.97. The van der Waals surface area contributed by atoms with Crippen molar-refractivity contribution >= 4 is 29.1 Å². The van der Waals surface area contributed by atoms with E-state index >= 15 is 0 Å². The van der Waals surface area contributed by atoms with E-state index in [2.05, 4.69) is 0 Å². The highest BCUT2D eigenvalue weighted by Crippen LogP contribution is 2.27. The molecule has 1 aliphatic heterocycles. The van der Waals surface area contributed by atoms with Crippen LogP contribution in [0.5, 0.6) is 5.75 Å². The zero-order valence-corrected chi connectivity index (χ0v) is 11.1. The number of rotatable bonds is 3. The highest BCUT2D eigenvalue weighted by molar-refractivity contribution is 6.35. The van der Waals surface area contributed by atoms with Gasteiger partial charge in [0, 0.05) is 18.1 Å². The van der Waals surface area contributed by atoms with Crippen LogP contribution in [0.15, 0.2) is 18.2 Å². The Bertz CT molecular complexity index is 453. The van der Waals surface area contributed by atoms with Gasteiger partial charge in [0.05, 0.1) is 11.1 Å². The molecule has 1 aliphatic rings. The second-order valence-electron chi connectivity index (χ2n) is 4.15. The first kappa shape index (κ1) is 13.5. The van der Waals surface area contributed by atoms with Crippen molar-refractivity contribution < 1.29 is 14.6 Å². The molecule has 0 aromatic heterocycles. The maximum atomic E-state index is 11.8. The molecule has 0 radical (unpaired) electrons. The van der Waals surface area contributed by atoms with Crippen LogP contribution in [0.1, 0.15) is 6.42 Å². The monoisotopic (exact) mass is 289 g/mol. The van der Waals surface area contributed by atoms with Crippen molar-refractivity contribution in [2.45, 2.75) is 12.5 Å². The number of β-amino-alcohol motifs (C(OH)–C–C–N with tert-alkyl or cyclic N) is 1. The third-order valence-electron chi connectivity index (χ3n) is 2.76. The Morgan fingerprint density at radius 2 is 2.28 bits per heavy atom. The van der Waals surface area contributed by atoms with Crippen LogP contribution in [0, 0.1) is 0 Å². The summed E-state index contributed by atoms with van der Waals surface area (Å²) < 4.78 is 5.34. The summed E-state index contributed by atoms with van der Waals surface area (Å²) in [5.41, 5.74) is 0. The lowest BCUT2D eigenvalue weighted by molar-refractivity contribution is -0.132. The van der Waals surface area contributed by atoms with Crippen LogP contribution in [-0.4, -0.2) is 41.7 Å². The molecule has 2 rings (SSSR count). The number of amides is 1. The van der Waals surface area contributed by atoms with Crippen molar-refractivity contribution in [3.05, 3.63) is 28.2 Å². The fraction of sp³-hybridized carbons (Fsp3) is 0.417. The molecular weight excluding hydrogens is 277 g/mol. The summed E-state index contributed by atoms with van der Waals surface area (Å²) in [7, 11) is 0. The molecule has 0 saturated carbocycles. The minimum absolute atomic E-state index is 0.0892. The van der Waals surface area contributed by atoms with Crippen molar-refractivity contribution in [2.75, 3.05) is 19.7 Å². The number of ether oxygens (including phenoxy) is 1. The first-order chi connectivity index (χ1) is 8.56. The van der Waals surface area contributed by atoms with Gasteiger partial charge in [0.15, 0.2) is 6.61 Å². The Hall–Kier alpha value is -0.970. The van der Waals surface area contributed by atoms with E-state index in [-0.39, 0.29) is 12.5 Å². The van der Waals surface area contributed by atoms with Crippen LogP contribution in [-0.2, 0) is 4.79 Å². The Morgan fingerprint density at radius 3 is 2.89 bits per heavy atom. The summed E-state index contributed by atoms with van der Waals surface area (Å²) in [6, 6.07) is 4.83. The zero-order chi connectivity index (χ0) is 13.1. The zero-order valence-electron chi connectivity index (χ0n) is 9.60. The van der Waals surface area contributed by atoms with E-state index in [4.69, 9.17) is 27.9 Å². The van der Waals surface area contributed by atoms with Crippen LogP contribution in [0.2, 0.25) is 10.0 Å². The van der Waals surface area contributed by atoms with Gasteiger partial charge >= 0.3 is 0 Å². The van der Waals surface area contributed by atoms with Gasteiger partial charge in [0.1, 0.15) is 5.75 Å². The molecule has 1 atom stereocenters. The average molecular weight is 290 g/mol. The maximum Gasteiger partial charge on any atom is 0.260 e. The second-order valence-corrected chi connectivity index (χ2v) is 4.99. The van der Waals surface area contributed by atoms with Gasteiger partial charge in [-0.3, -0.25) is 4.79 Å². The van der Waals surface area contributed by atoms with Gasteiger partial charge in [-0.2, -0.15) is 0 Å². The smallest absolute Gasteiger partial charge is 0.260 e. The minimum atomic E-state index is -0.423. The highest BCUT2D eigenvalue weighted by Gasteiger charge is 2.24. The fourth-order valence-corrected chi connectivity index (χ4v) is 2.25. The van der Waals surface area contributed by atoms with Crippen LogP contribution < -0.4 is 4.74 Å². The summed E-state index contributed by atoms with van der Waals surface area (Å²) in [4.78, 5) is 13.3. The van der Waals surface area contributed by atoms with Gasteiger partial charge in [-0.05, 0) is 24.6 Å². The Morgan fingerprint density at radius 1 is 1.50 bits per heavy atom. The first-order valence-corrected chi connectivity index (χ1v) is 6.35. The third-order valence-corrected chi connectivity index (χ3v) is 3.29. The average Bonchev–Trinajstić information content (AvgIpc) is 2.74. The standard InChI is InChI=1S/C12H13Cl2NO3/c13-8-1-2-11(10(14)5-8)18-7-12(17)15-4-3-9(16)6-15/h1-2,5,9,16H,3-4,6-7H2/t9-/m0/s1. The number of aliphatic hydroxyl groups excluding tert-OH is 1. The van der Waals surface area contributed by atoms with Gasteiger partial charge < -0.3 is 14.7 Å². The number of carbonyl (C=O) groups excluding carboxylic acids is 1. The van der Waals surface area contributed by atoms with Crippen LogP contribution in [0.25, 0.3) is 0 Å². The molecule has 1 N–H and O–H groups in total. The van der Waals surface area contributed by atoms with Crippen LogP contribution in [0.3, 0.4) is 0 Å². The number of aliphatic hydroxyl groups is 1. The number of hydrogen-bond donors (Lipinski definition) is 1. The molecule has 1 heterocycles. The molecule has 1 saturated heterocycles.